The first kappa shape index (κ1) is 23.1. The van der Waals surface area contributed by atoms with Crippen molar-refractivity contribution < 1.29 is 29.4 Å². The Morgan fingerprint density at radius 1 is 1.12 bits per heavy atom. The van der Waals surface area contributed by atoms with Gasteiger partial charge in [0.25, 0.3) is 0 Å². The van der Waals surface area contributed by atoms with Gasteiger partial charge in [-0.1, -0.05) is 0 Å². The van der Waals surface area contributed by atoms with Crippen molar-refractivity contribution in [2.24, 2.45) is 5.73 Å². The number of hydrogen-bond acceptors (Lipinski definition) is 7. The van der Waals surface area contributed by atoms with Crippen LogP contribution in [0.5, 0.6) is 0 Å². The summed E-state index contributed by atoms with van der Waals surface area (Å²) >= 11 is 1.45. The molecule has 0 aliphatic heterocycles. The van der Waals surface area contributed by atoms with Crippen LogP contribution < -0.4 is 21.7 Å². The number of aliphatic hydroxyl groups excluding tert-OH is 1. The number of carboxylic acid groups (broad SMARTS) is 1. The van der Waals surface area contributed by atoms with Crippen LogP contribution in [-0.4, -0.2) is 76.7 Å². The first-order valence-corrected chi connectivity index (χ1v) is 9.02. The summed E-state index contributed by atoms with van der Waals surface area (Å²) in [7, 11) is 0. The predicted molar refractivity (Wildman–Crippen MR) is 92.8 cm³/mol. The molecule has 0 aliphatic rings. The van der Waals surface area contributed by atoms with Gasteiger partial charge in [-0.05, 0) is 32.3 Å². The molecule has 4 atom stereocenters. The molecule has 3 amide bonds. The Morgan fingerprint density at radius 3 is 2.20 bits per heavy atom. The van der Waals surface area contributed by atoms with Gasteiger partial charge in [0.15, 0.2) is 0 Å². The number of carbonyl (C=O) groups is 4. The van der Waals surface area contributed by atoms with Crippen LogP contribution in [0.15, 0.2) is 0 Å². The van der Waals surface area contributed by atoms with Gasteiger partial charge in [-0.2, -0.15) is 11.8 Å². The monoisotopic (exact) mass is 378 g/mol. The van der Waals surface area contributed by atoms with E-state index in [1.54, 1.807) is 0 Å². The van der Waals surface area contributed by atoms with Crippen LogP contribution in [0, 0.1) is 0 Å². The van der Waals surface area contributed by atoms with Crippen LogP contribution in [0.1, 0.15) is 20.3 Å². The Balaban J connectivity index is 4.36. The number of amides is 3. The normalized spacial score (nSPS) is 15.4. The van der Waals surface area contributed by atoms with Crippen molar-refractivity contribution in [1.29, 1.82) is 0 Å². The van der Waals surface area contributed by atoms with Crippen molar-refractivity contribution in [2.45, 2.75) is 44.5 Å². The summed E-state index contributed by atoms with van der Waals surface area (Å²) in [5, 5.41) is 25.1. The Kier molecular flexibility index (Phi) is 10.8. The second kappa shape index (κ2) is 11.7. The van der Waals surface area contributed by atoms with Crippen molar-refractivity contribution in [2.75, 3.05) is 18.6 Å². The van der Waals surface area contributed by atoms with Gasteiger partial charge in [0.2, 0.25) is 17.7 Å². The van der Waals surface area contributed by atoms with Crippen LogP contribution in [0.2, 0.25) is 0 Å². The van der Waals surface area contributed by atoms with Gasteiger partial charge in [0, 0.05) is 0 Å². The maximum absolute atomic E-state index is 11.8. The minimum atomic E-state index is -1.17. The first-order valence-electron chi connectivity index (χ1n) is 7.63. The quantitative estimate of drug-likeness (QED) is 0.232. The zero-order valence-corrected chi connectivity index (χ0v) is 15.3. The summed E-state index contributed by atoms with van der Waals surface area (Å²) in [6.45, 7) is 2.30. The average Bonchev–Trinajstić information content (AvgIpc) is 2.54. The van der Waals surface area contributed by atoms with Gasteiger partial charge in [-0.3, -0.25) is 14.4 Å². The van der Waals surface area contributed by atoms with Crippen molar-refractivity contribution >= 4 is 35.5 Å². The molecule has 0 radical (unpaired) electrons. The van der Waals surface area contributed by atoms with E-state index in [0.717, 1.165) is 0 Å². The van der Waals surface area contributed by atoms with Crippen LogP contribution in [0.3, 0.4) is 0 Å². The van der Waals surface area contributed by atoms with Crippen LogP contribution in [0.4, 0.5) is 0 Å². The highest BCUT2D eigenvalue weighted by Crippen LogP contribution is 2.00. The largest absolute Gasteiger partial charge is 0.480 e. The first-order chi connectivity index (χ1) is 11.6. The third kappa shape index (κ3) is 9.27. The van der Waals surface area contributed by atoms with E-state index in [2.05, 4.69) is 16.0 Å². The summed E-state index contributed by atoms with van der Waals surface area (Å²) < 4.78 is 0. The fourth-order valence-electron chi connectivity index (χ4n) is 1.65. The van der Waals surface area contributed by atoms with Crippen LogP contribution in [-0.2, 0) is 19.2 Å². The zero-order valence-electron chi connectivity index (χ0n) is 14.4. The van der Waals surface area contributed by atoms with Gasteiger partial charge >= 0.3 is 5.97 Å². The SMILES string of the molecule is CSCCC(NC(=O)CNC(=O)C(C)NC(=O)C(N)C(C)O)C(=O)O. The predicted octanol–water partition coefficient (Wildman–Crippen LogP) is -2.36. The summed E-state index contributed by atoms with van der Waals surface area (Å²) in [6, 6.07) is -3.18. The molecule has 0 saturated carbocycles. The molecule has 10 nitrogen and oxygen atoms in total. The summed E-state index contributed by atoms with van der Waals surface area (Å²) in [5.41, 5.74) is 5.44. The topological polar surface area (TPSA) is 171 Å². The summed E-state index contributed by atoms with van der Waals surface area (Å²) in [4.78, 5) is 46.2. The zero-order chi connectivity index (χ0) is 19.6. The van der Waals surface area contributed by atoms with Gasteiger partial charge in [0.1, 0.15) is 18.1 Å². The van der Waals surface area contributed by atoms with Crippen molar-refractivity contribution in [3.63, 3.8) is 0 Å². The van der Waals surface area contributed by atoms with E-state index >= 15 is 0 Å². The van der Waals surface area contributed by atoms with Gasteiger partial charge in [0.05, 0.1) is 12.6 Å². The van der Waals surface area contributed by atoms with Gasteiger partial charge < -0.3 is 31.9 Å². The second-order valence-corrected chi connectivity index (χ2v) is 6.44. The molecule has 0 aromatic carbocycles. The molecular weight excluding hydrogens is 352 g/mol. The van der Waals surface area contributed by atoms with Crippen LogP contribution >= 0.6 is 11.8 Å². The van der Waals surface area contributed by atoms with Gasteiger partial charge in [-0.25, -0.2) is 4.79 Å². The number of nitrogens with one attached hydrogen (secondary N) is 3. The molecule has 0 aromatic heterocycles. The van der Waals surface area contributed by atoms with E-state index < -0.39 is 54.5 Å². The number of hydrogen-bond donors (Lipinski definition) is 6. The highest BCUT2D eigenvalue weighted by atomic mass is 32.2. The molecule has 0 fully saturated rings. The maximum Gasteiger partial charge on any atom is 0.326 e. The molecule has 4 unspecified atom stereocenters. The van der Waals surface area contributed by atoms with Crippen molar-refractivity contribution in [1.82, 2.24) is 16.0 Å². The Morgan fingerprint density at radius 2 is 1.72 bits per heavy atom. The lowest BCUT2D eigenvalue weighted by molar-refractivity contribution is -0.141. The smallest absolute Gasteiger partial charge is 0.326 e. The minimum absolute atomic E-state index is 0.264. The highest BCUT2D eigenvalue weighted by molar-refractivity contribution is 7.98. The fourth-order valence-corrected chi connectivity index (χ4v) is 2.12. The molecule has 0 spiro atoms. The number of carboxylic acids is 1. The lowest BCUT2D eigenvalue weighted by Gasteiger charge is -2.19. The third-order valence-electron chi connectivity index (χ3n) is 3.24. The van der Waals surface area contributed by atoms with Gasteiger partial charge in [-0.15, -0.1) is 0 Å². The Hall–Kier alpha value is -1.85. The fraction of sp³-hybridized carbons (Fsp3) is 0.714. The average molecular weight is 378 g/mol. The van der Waals surface area contributed by atoms with E-state index in [1.165, 1.54) is 25.6 Å². The molecule has 0 aliphatic carbocycles. The van der Waals surface area contributed by atoms with Crippen LogP contribution in [0.25, 0.3) is 0 Å². The molecule has 11 heteroatoms. The lowest BCUT2D eigenvalue weighted by Crippen LogP contribution is -2.54. The van der Waals surface area contributed by atoms with E-state index in [-0.39, 0.29) is 6.42 Å². The Labute approximate surface area is 150 Å². The molecule has 0 saturated heterocycles. The minimum Gasteiger partial charge on any atom is -0.480 e. The molecular formula is C14H26N4O6S. The molecule has 0 bridgehead atoms. The molecule has 25 heavy (non-hydrogen) atoms. The highest BCUT2D eigenvalue weighted by Gasteiger charge is 2.24. The Bertz CT molecular complexity index is 488. The number of thioether (sulfide) groups is 1. The van der Waals surface area contributed by atoms with E-state index in [9.17, 15) is 24.3 Å². The van der Waals surface area contributed by atoms with E-state index in [1.807, 2.05) is 6.26 Å². The lowest BCUT2D eigenvalue weighted by atomic mass is 10.1. The second-order valence-electron chi connectivity index (χ2n) is 5.45. The third-order valence-corrected chi connectivity index (χ3v) is 3.89. The summed E-state index contributed by atoms with van der Waals surface area (Å²) in [6.07, 6.45) is 1.01. The number of rotatable bonds is 11. The molecule has 0 rings (SSSR count). The van der Waals surface area contributed by atoms with Crippen molar-refractivity contribution in [3.05, 3.63) is 0 Å². The van der Waals surface area contributed by atoms with E-state index in [0.29, 0.717) is 5.75 Å². The summed E-state index contributed by atoms with van der Waals surface area (Å²) in [5.74, 6) is -2.58. The molecule has 144 valence electrons. The molecule has 7 N–H and O–H groups in total. The maximum atomic E-state index is 11.8. The number of carbonyl (C=O) groups excluding carboxylic acids is 3. The number of aliphatic hydroxyl groups is 1. The standard InChI is InChI=1S/C14H26N4O6S/c1-7(17-13(22)11(15)8(2)19)12(21)16-6-10(20)18-9(14(23)24)4-5-25-3/h7-9,11,19H,4-6,15H2,1-3H3,(H,16,21)(H,17,22)(H,18,20)(H,23,24). The number of nitrogens with two attached hydrogens (primary N) is 1. The van der Waals surface area contributed by atoms with E-state index in [4.69, 9.17) is 10.8 Å². The molecule has 0 heterocycles. The number of aliphatic carboxylic acids is 1. The van der Waals surface area contributed by atoms with Crippen molar-refractivity contribution in [3.8, 4) is 0 Å². The molecule has 0 aromatic rings.